The maximum absolute atomic E-state index is 11.8. The summed E-state index contributed by atoms with van der Waals surface area (Å²) in [5.74, 6) is -0.991. The molecule has 0 bridgehead atoms. The summed E-state index contributed by atoms with van der Waals surface area (Å²) < 4.78 is 0. The summed E-state index contributed by atoms with van der Waals surface area (Å²) in [6.45, 7) is 5.62. The van der Waals surface area contributed by atoms with Crippen molar-refractivity contribution in [1.29, 1.82) is 0 Å². The van der Waals surface area contributed by atoms with Gasteiger partial charge in [-0.25, -0.2) is 0 Å². The van der Waals surface area contributed by atoms with Crippen LogP contribution >= 0.6 is 0 Å². The Morgan fingerprint density at radius 3 is 2.26 bits per heavy atom. The van der Waals surface area contributed by atoms with Crippen LogP contribution in [0.2, 0.25) is 0 Å². The van der Waals surface area contributed by atoms with Crippen LogP contribution in [0.4, 0.5) is 0 Å². The lowest BCUT2D eigenvalue weighted by Gasteiger charge is -2.36. The van der Waals surface area contributed by atoms with E-state index in [1.54, 1.807) is 11.8 Å². The number of nitrogens with one attached hydrogen (secondary N) is 1. The van der Waals surface area contributed by atoms with E-state index < -0.39 is 12.0 Å². The molecule has 2 amide bonds. The van der Waals surface area contributed by atoms with Crippen molar-refractivity contribution < 1.29 is 19.5 Å². The van der Waals surface area contributed by atoms with Crippen LogP contribution < -0.4 is 5.32 Å². The summed E-state index contributed by atoms with van der Waals surface area (Å²) in [5, 5.41) is 11.5. The number of carboxylic acids is 1. The molecule has 0 aromatic rings. The number of carbonyl (C=O) groups excluding carboxylic acids is 2. The summed E-state index contributed by atoms with van der Waals surface area (Å²) in [4.78, 5) is 36.9. The van der Waals surface area contributed by atoms with Gasteiger partial charge in [0.2, 0.25) is 11.8 Å². The first-order valence-corrected chi connectivity index (χ1v) is 6.41. The summed E-state index contributed by atoms with van der Waals surface area (Å²) >= 11 is 0. The van der Waals surface area contributed by atoms with Crippen molar-refractivity contribution in [2.45, 2.75) is 26.3 Å². The molecular weight excluding hydrogens is 250 g/mol. The second kappa shape index (κ2) is 7.08. The van der Waals surface area contributed by atoms with E-state index in [-0.39, 0.29) is 18.2 Å². The number of amides is 2. The highest BCUT2D eigenvalue weighted by atomic mass is 16.4. The van der Waals surface area contributed by atoms with Gasteiger partial charge in [-0.3, -0.25) is 19.3 Å². The van der Waals surface area contributed by atoms with Gasteiger partial charge in [0.25, 0.3) is 0 Å². The molecule has 0 aliphatic carbocycles. The van der Waals surface area contributed by atoms with Crippen molar-refractivity contribution in [2.75, 3.05) is 32.7 Å². The van der Waals surface area contributed by atoms with Crippen molar-refractivity contribution in [3.63, 3.8) is 0 Å². The fraction of sp³-hybridized carbons (Fsp3) is 0.750. The van der Waals surface area contributed by atoms with Gasteiger partial charge in [0.1, 0.15) is 6.04 Å². The van der Waals surface area contributed by atoms with Gasteiger partial charge in [0.15, 0.2) is 0 Å². The quantitative estimate of drug-likeness (QED) is 0.678. The highest BCUT2D eigenvalue weighted by molar-refractivity contribution is 5.78. The number of rotatable bonds is 5. The van der Waals surface area contributed by atoms with Crippen molar-refractivity contribution in [3.05, 3.63) is 0 Å². The van der Waals surface area contributed by atoms with Crippen LogP contribution in [0.25, 0.3) is 0 Å². The average Bonchev–Trinajstić information content (AvgIpc) is 2.37. The molecule has 19 heavy (non-hydrogen) atoms. The van der Waals surface area contributed by atoms with Crippen molar-refractivity contribution >= 4 is 17.8 Å². The van der Waals surface area contributed by atoms with Gasteiger partial charge in [-0.15, -0.1) is 0 Å². The lowest BCUT2D eigenvalue weighted by atomic mass is 10.2. The predicted octanol–water partition coefficient (Wildman–Crippen LogP) is -0.870. The third-order valence-corrected chi connectivity index (χ3v) is 3.28. The Balaban J connectivity index is 2.31. The summed E-state index contributed by atoms with van der Waals surface area (Å²) in [5.41, 5.74) is 0. The monoisotopic (exact) mass is 271 g/mol. The molecule has 1 aliphatic heterocycles. The van der Waals surface area contributed by atoms with Gasteiger partial charge in [-0.1, -0.05) is 0 Å². The summed E-state index contributed by atoms with van der Waals surface area (Å²) in [6, 6.07) is -0.517. The highest BCUT2D eigenvalue weighted by Gasteiger charge is 2.26. The minimum absolute atomic E-state index is 0.00335. The zero-order valence-electron chi connectivity index (χ0n) is 11.4. The van der Waals surface area contributed by atoms with Crippen molar-refractivity contribution in [2.24, 2.45) is 0 Å². The fourth-order valence-electron chi connectivity index (χ4n) is 2.02. The Hall–Kier alpha value is -1.63. The van der Waals surface area contributed by atoms with Crippen LogP contribution in [0.1, 0.15) is 20.3 Å². The van der Waals surface area contributed by atoms with Crippen LogP contribution in [0.5, 0.6) is 0 Å². The topological polar surface area (TPSA) is 90.0 Å². The van der Waals surface area contributed by atoms with E-state index >= 15 is 0 Å². The Labute approximate surface area is 112 Å². The average molecular weight is 271 g/mol. The highest BCUT2D eigenvalue weighted by Crippen LogP contribution is 2.07. The number of hydrogen-bond donors (Lipinski definition) is 2. The SMILES string of the molecule is CC(=O)NCCC(=O)N1CCN(C(C)C(=O)O)CC1. The van der Waals surface area contributed by atoms with E-state index in [9.17, 15) is 14.4 Å². The maximum atomic E-state index is 11.8. The Morgan fingerprint density at radius 2 is 1.79 bits per heavy atom. The minimum Gasteiger partial charge on any atom is -0.480 e. The van der Waals surface area contributed by atoms with Crippen molar-refractivity contribution in [1.82, 2.24) is 15.1 Å². The van der Waals surface area contributed by atoms with Gasteiger partial charge in [0, 0.05) is 46.1 Å². The molecular formula is C12H21N3O4. The molecule has 0 aromatic carbocycles. The smallest absolute Gasteiger partial charge is 0.320 e. The van der Waals surface area contributed by atoms with Crippen LogP contribution in [0.3, 0.4) is 0 Å². The van der Waals surface area contributed by atoms with E-state index in [2.05, 4.69) is 5.32 Å². The minimum atomic E-state index is -0.842. The molecule has 0 aromatic heterocycles. The van der Waals surface area contributed by atoms with E-state index in [1.165, 1.54) is 6.92 Å². The molecule has 108 valence electrons. The third kappa shape index (κ3) is 4.86. The first-order chi connectivity index (χ1) is 8.91. The van der Waals surface area contributed by atoms with E-state index in [1.807, 2.05) is 4.90 Å². The molecule has 7 heteroatoms. The van der Waals surface area contributed by atoms with Crippen LogP contribution in [0.15, 0.2) is 0 Å². The van der Waals surface area contributed by atoms with Crippen LogP contribution in [-0.4, -0.2) is 71.5 Å². The van der Waals surface area contributed by atoms with Crippen LogP contribution in [-0.2, 0) is 14.4 Å². The molecule has 1 atom stereocenters. The van der Waals surface area contributed by atoms with Gasteiger partial charge >= 0.3 is 5.97 Å². The molecule has 2 N–H and O–H groups in total. The van der Waals surface area contributed by atoms with Crippen LogP contribution in [0, 0.1) is 0 Å². The Kier molecular flexibility index (Phi) is 5.75. The van der Waals surface area contributed by atoms with E-state index in [0.717, 1.165) is 0 Å². The first-order valence-electron chi connectivity index (χ1n) is 6.41. The van der Waals surface area contributed by atoms with Gasteiger partial charge in [0.05, 0.1) is 0 Å². The van der Waals surface area contributed by atoms with E-state index in [0.29, 0.717) is 32.7 Å². The summed E-state index contributed by atoms with van der Waals surface area (Å²) in [6.07, 6.45) is 0.286. The van der Waals surface area contributed by atoms with Crippen molar-refractivity contribution in [3.8, 4) is 0 Å². The second-order valence-corrected chi connectivity index (χ2v) is 4.66. The van der Waals surface area contributed by atoms with Gasteiger partial charge in [-0.05, 0) is 6.92 Å². The van der Waals surface area contributed by atoms with E-state index in [4.69, 9.17) is 5.11 Å². The molecule has 0 spiro atoms. The lowest BCUT2D eigenvalue weighted by molar-refractivity contribution is -0.144. The van der Waals surface area contributed by atoms with Gasteiger partial charge in [-0.2, -0.15) is 0 Å². The standard InChI is InChI=1S/C12H21N3O4/c1-9(12(18)19)14-5-7-15(8-6-14)11(17)3-4-13-10(2)16/h9H,3-8H2,1-2H3,(H,13,16)(H,18,19). The summed E-state index contributed by atoms with van der Waals surface area (Å²) in [7, 11) is 0. The Bertz CT molecular complexity index is 351. The molecule has 7 nitrogen and oxygen atoms in total. The third-order valence-electron chi connectivity index (χ3n) is 3.28. The largest absolute Gasteiger partial charge is 0.480 e. The van der Waals surface area contributed by atoms with Gasteiger partial charge < -0.3 is 15.3 Å². The number of nitrogens with zero attached hydrogens (tertiary/aromatic N) is 2. The molecule has 1 heterocycles. The molecule has 1 unspecified atom stereocenters. The molecule has 1 aliphatic rings. The molecule has 1 saturated heterocycles. The fourth-order valence-corrected chi connectivity index (χ4v) is 2.02. The normalized spacial score (nSPS) is 17.9. The number of carboxylic acid groups (broad SMARTS) is 1. The number of hydrogen-bond acceptors (Lipinski definition) is 4. The molecule has 1 rings (SSSR count). The first kappa shape index (κ1) is 15.4. The Morgan fingerprint density at radius 1 is 1.21 bits per heavy atom. The molecule has 1 fully saturated rings. The zero-order chi connectivity index (χ0) is 14.4. The molecule has 0 radical (unpaired) electrons. The number of carbonyl (C=O) groups is 3. The number of aliphatic carboxylic acids is 1. The maximum Gasteiger partial charge on any atom is 0.320 e. The molecule has 0 saturated carbocycles. The second-order valence-electron chi connectivity index (χ2n) is 4.66. The predicted molar refractivity (Wildman–Crippen MR) is 68.6 cm³/mol. The lowest BCUT2D eigenvalue weighted by Crippen LogP contribution is -2.53. The number of piperazine rings is 1. The zero-order valence-corrected chi connectivity index (χ0v) is 11.4.